The van der Waals surface area contributed by atoms with E-state index in [0.717, 1.165) is 24.8 Å². The fourth-order valence-corrected chi connectivity index (χ4v) is 1.62. The monoisotopic (exact) mass is 292 g/mol. The molecule has 0 aliphatic carbocycles. The molecule has 0 bridgehead atoms. The average molecular weight is 293 g/mol. The topological polar surface area (TPSA) is 63.6 Å². The van der Waals surface area contributed by atoms with E-state index < -0.39 is 5.97 Å². The Labute approximate surface area is 104 Å². The number of carbonyl (C=O) groups excluding carboxylic acids is 1. The second kappa shape index (κ2) is 9.39. The van der Waals surface area contributed by atoms with Crippen LogP contribution < -0.4 is 0 Å². The normalized spacial score (nSPS) is 11.2. The quantitative estimate of drug-likeness (QED) is 0.323. The number of hydrogen-bond acceptors (Lipinski definition) is 3. The molecule has 0 aliphatic heterocycles. The highest BCUT2D eigenvalue weighted by Gasteiger charge is 2.02. The largest absolute Gasteiger partial charge is 0.481 e. The summed E-state index contributed by atoms with van der Waals surface area (Å²) in [5.41, 5.74) is 0.866. The van der Waals surface area contributed by atoms with Gasteiger partial charge in [0.15, 0.2) is 0 Å². The first-order valence-electron chi connectivity index (χ1n) is 5.12. The van der Waals surface area contributed by atoms with Crippen molar-refractivity contribution in [2.24, 2.45) is 0 Å². The van der Waals surface area contributed by atoms with Crippen LogP contribution in [0.3, 0.4) is 0 Å². The fourth-order valence-electron chi connectivity index (χ4n) is 1.19. The lowest BCUT2D eigenvalue weighted by molar-refractivity contribution is -0.140. The maximum atomic E-state index is 10.8. The number of esters is 1. The average Bonchev–Trinajstić information content (AvgIpc) is 2.26. The van der Waals surface area contributed by atoms with Gasteiger partial charge in [-0.15, -0.1) is 0 Å². The van der Waals surface area contributed by atoms with Crippen molar-refractivity contribution < 1.29 is 19.4 Å². The molecular weight excluding hydrogens is 276 g/mol. The van der Waals surface area contributed by atoms with Crippen molar-refractivity contribution in [2.75, 3.05) is 12.4 Å². The number of alkyl halides is 1. The van der Waals surface area contributed by atoms with E-state index in [4.69, 9.17) is 5.11 Å². The first kappa shape index (κ1) is 15.2. The van der Waals surface area contributed by atoms with Gasteiger partial charge in [-0.3, -0.25) is 9.59 Å². The Hall–Kier alpha value is -0.840. The number of unbranched alkanes of at least 4 members (excludes halogenated alkanes) is 2. The first-order valence-corrected chi connectivity index (χ1v) is 6.24. The van der Waals surface area contributed by atoms with Gasteiger partial charge >= 0.3 is 11.9 Å². The van der Waals surface area contributed by atoms with E-state index in [2.05, 4.69) is 20.7 Å². The molecule has 16 heavy (non-hydrogen) atoms. The summed E-state index contributed by atoms with van der Waals surface area (Å²) < 4.78 is 4.51. The van der Waals surface area contributed by atoms with Crippen molar-refractivity contribution in [3.05, 3.63) is 11.6 Å². The number of carboxylic acid groups (broad SMARTS) is 1. The molecule has 0 saturated carbocycles. The Morgan fingerprint density at radius 2 is 2.06 bits per heavy atom. The number of carboxylic acids is 1. The SMILES string of the molecule is COC(=O)CCCC/C=C(\CBr)CC(=O)O. The third kappa shape index (κ3) is 8.47. The second-order valence-corrected chi connectivity index (χ2v) is 3.95. The Kier molecular flexibility index (Phi) is 8.90. The van der Waals surface area contributed by atoms with Crippen LogP contribution in [0.25, 0.3) is 0 Å². The molecule has 5 heteroatoms. The lowest BCUT2D eigenvalue weighted by Gasteiger charge is -2.00. The zero-order chi connectivity index (χ0) is 12.4. The Morgan fingerprint density at radius 1 is 1.38 bits per heavy atom. The summed E-state index contributed by atoms with van der Waals surface area (Å²) >= 11 is 3.24. The van der Waals surface area contributed by atoms with Gasteiger partial charge in [0.1, 0.15) is 0 Å². The molecule has 0 radical (unpaired) electrons. The summed E-state index contributed by atoms with van der Waals surface area (Å²) in [6, 6.07) is 0. The van der Waals surface area contributed by atoms with Gasteiger partial charge in [0.05, 0.1) is 13.5 Å². The van der Waals surface area contributed by atoms with Gasteiger partial charge in [0, 0.05) is 11.8 Å². The van der Waals surface area contributed by atoms with Crippen LogP contribution in [0.5, 0.6) is 0 Å². The number of ether oxygens (including phenoxy) is 1. The van der Waals surface area contributed by atoms with Crippen molar-refractivity contribution in [3.63, 3.8) is 0 Å². The molecule has 0 saturated heterocycles. The molecule has 0 atom stereocenters. The molecule has 4 nitrogen and oxygen atoms in total. The highest BCUT2D eigenvalue weighted by molar-refractivity contribution is 9.09. The molecule has 0 unspecified atom stereocenters. The molecule has 0 spiro atoms. The van der Waals surface area contributed by atoms with Gasteiger partial charge in [0.25, 0.3) is 0 Å². The standard InChI is InChI=1S/C11H17BrO4/c1-16-11(15)6-4-2-3-5-9(8-12)7-10(13)14/h5H,2-4,6-8H2,1H3,(H,13,14)/b9-5-. The van der Waals surface area contributed by atoms with E-state index in [1.165, 1.54) is 7.11 Å². The molecule has 1 N–H and O–H groups in total. The van der Waals surface area contributed by atoms with Crippen LogP contribution in [0.1, 0.15) is 32.1 Å². The molecule has 92 valence electrons. The highest BCUT2D eigenvalue weighted by Crippen LogP contribution is 2.10. The van der Waals surface area contributed by atoms with Crippen LogP contribution in [-0.4, -0.2) is 29.5 Å². The van der Waals surface area contributed by atoms with Gasteiger partial charge in [0.2, 0.25) is 0 Å². The molecule has 0 aliphatic rings. The fraction of sp³-hybridized carbons (Fsp3) is 0.636. The van der Waals surface area contributed by atoms with Crippen LogP contribution in [-0.2, 0) is 14.3 Å². The molecule has 0 aromatic heterocycles. The van der Waals surface area contributed by atoms with E-state index in [1.54, 1.807) is 0 Å². The molecular formula is C11H17BrO4. The summed E-state index contributed by atoms with van der Waals surface area (Å²) in [4.78, 5) is 21.3. The summed E-state index contributed by atoms with van der Waals surface area (Å²) in [7, 11) is 1.37. The Bertz CT molecular complexity index is 261. The van der Waals surface area contributed by atoms with Crippen LogP contribution in [0.2, 0.25) is 0 Å². The van der Waals surface area contributed by atoms with Gasteiger partial charge < -0.3 is 9.84 Å². The Morgan fingerprint density at radius 3 is 2.56 bits per heavy atom. The van der Waals surface area contributed by atoms with Crippen molar-refractivity contribution in [2.45, 2.75) is 32.1 Å². The molecule has 0 amide bonds. The summed E-state index contributed by atoms with van der Waals surface area (Å²) in [6.45, 7) is 0. The van der Waals surface area contributed by atoms with E-state index in [9.17, 15) is 9.59 Å². The summed E-state index contributed by atoms with van der Waals surface area (Å²) in [5.74, 6) is -1.02. The number of allylic oxidation sites excluding steroid dienone is 1. The summed E-state index contributed by atoms with van der Waals surface area (Å²) in [5, 5.41) is 9.18. The summed E-state index contributed by atoms with van der Waals surface area (Å²) in [6.07, 6.45) is 4.84. The second-order valence-electron chi connectivity index (χ2n) is 3.39. The number of rotatable bonds is 8. The third-order valence-electron chi connectivity index (χ3n) is 2.05. The van der Waals surface area contributed by atoms with E-state index in [-0.39, 0.29) is 12.4 Å². The lowest BCUT2D eigenvalue weighted by Crippen LogP contribution is -1.99. The number of methoxy groups -OCH3 is 1. The van der Waals surface area contributed by atoms with E-state index in [1.807, 2.05) is 6.08 Å². The van der Waals surface area contributed by atoms with Crippen molar-refractivity contribution in [3.8, 4) is 0 Å². The zero-order valence-electron chi connectivity index (χ0n) is 9.37. The van der Waals surface area contributed by atoms with Crippen LogP contribution in [0.15, 0.2) is 11.6 Å². The number of halogens is 1. The molecule has 0 fully saturated rings. The van der Waals surface area contributed by atoms with Gasteiger partial charge in [-0.2, -0.15) is 0 Å². The maximum Gasteiger partial charge on any atom is 0.307 e. The van der Waals surface area contributed by atoms with E-state index in [0.29, 0.717) is 11.8 Å². The maximum absolute atomic E-state index is 10.8. The lowest BCUT2D eigenvalue weighted by atomic mass is 10.1. The minimum atomic E-state index is -0.819. The van der Waals surface area contributed by atoms with Crippen molar-refractivity contribution in [1.29, 1.82) is 0 Å². The first-order chi connectivity index (χ1) is 7.60. The third-order valence-corrected chi connectivity index (χ3v) is 2.77. The molecule has 0 aromatic rings. The minimum Gasteiger partial charge on any atom is -0.481 e. The van der Waals surface area contributed by atoms with Crippen LogP contribution in [0, 0.1) is 0 Å². The molecule has 0 rings (SSSR count). The van der Waals surface area contributed by atoms with E-state index >= 15 is 0 Å². The predicted molar refractivity (Wildman–Crippen MR) is 64.6 cm³/mol. The zero-order valence-corrected chi connectivity index (χ0v) is 11.0. The smallest absolute Gasteiger partial charge is 0.307 e. The number of hydrogen-bond donors (Lipinski definition) is 1. The van der Waals surface area contributed by atoms with Crippen molar-refractivity contribution in [1.82, 2.24) is 0 Å². The highest BCUT2D eigenvalue weighted by atomic mass is 79.9. The van der Waals surface area contributed by atoms with Gasteiger partial charge in [-0.1, -0.05) is 27.6 Å². The predicted octanol–water partition coefficient (Wildman–Crippen LogP) is 2.52. The number of carbonyl (C=O) groups is 2. The molecule has 0 heterocycles. The Balaban J connectivity index is 3.71. The van der Waals surface area contributed by atoms with Gasteiger partial charge in [-0.25, -0.2) is 0 Å². The minimum absolute atomic E-state index is 0.0717. The van der Waals surface area contributed by atoms with Crippen LogP contribution >= 0.6 is 15.9 Å². The van der Waals surface area contributed by atoms with Crippen molar-refractivity contribution >= 4 is 27.9 Å². The molecule has 0 aromatic carbocycles. The number of aliphatic carboxylic acids is 1. The van der Waals surface area contributed by atoms with Gasteiger partial charge in [-0.05, 0) is 19.3 Å². The van der Waals surface area contributed by atoms with Crippen LogP contribution in [0.4, 0.5) is 0 Å².